The molecule has 1 heterocycles. The van der Waals surface area contributed by atoms with Gasteiger partial charge in [0, 0.05) is 12.3 Å². The minimum Gasteiger partial charge on any atom is -0.388 e. The second kappa shape index (κ2) is 3.35. The fourth-order valence-corrected chi connectivity index (χ4v) is 2.42. The first-order chi connectivity index (χ1) is 5.46. The van der Waals surface area contributed by atoms with Crippen LogP contribution in [-0.4, -0.2) is 41.9 Å². The average molecular weight is 172 g/mol. The molecule has 2 nitrogen and oxygen atoms in total. The van der Waals surface area contributed by atoms with Gasteiger partial charge in [0.05, 0.1) is 19.6 Å². The van der Waals surface area contributed by atoms with Gasteiger partial charge < -0.3 is 9.59 Å². The molecule has 0 aromatic carbocycles. The summed E-state index contributed by atoms with van der Waals surface area (Å²) < 4.78 is 1.05. The Labute approximate surface area is 75.8 Å². The summed E-state index contributed by atoms with van der Waals surface area (Å²) in [6.45, 7) is 8.65. The lowest BCUT2D eigenvalue weighted by atomic mass is 10.0. The molecule has 2 unspecified atom stereocenters. The Hall–Kier alpha value is -0.0800. The maximum Gasteiger partial charge on any atom is 0.105 e. The molecule has 1 aliphatic rings. The van der Waals surface area contributed by atoms with Crippen molar-refractivity contribution in [3.05, 3.63) is 0 Å². The van der Waals surface area contributed by atoms with E-state index in [4.69, 9.17) is 0 Å². The van der Waals surface area contributed by atoms with Gasteiger partial charge >= 0.3 is 0 Å². The van der Waals surface area contributed by atoms with E-state index >= 15 is 0 Å². The summed E-state index contributed by atoms with van der Waals surface area (Å²) in [5.74, 6) is 0.814. The minimum absolute atomic E-state index is 0.164. The van der Waals surface area contributed by atoms with Crippen molar-refractivity contribution >= 4 is 0 Å². The van der Waals surface area contributed by atoms with Crippen molar-refractivity contribution in [2.24, 2.45) is 5.92 Å². The standard InChI is InChI=1S/C10H22NO/c1-8-5-6-11(4,10(8)3)7-9(2)12/h8-10,12H,5-7H2,1-4H3/q+1/t8-,9?,10-,11?/m0/s1. The average Bonchev–Trinajstić information content (AvgIpc) is 2.16. The maximum atomic E-state index is 9.37. The number of aliphatic hydroxyl groups is 1. The van der Waals surface area contributed by atoms with Crippen LogP contribution in [0.4, 0.5) is 0 Å². The van der Waals surface area contributed by atoms with Crippen molar-refractivity contribution in [2.75, 3.05) is 20.1 Å². The third-order valence-corrected chi connectivity index (χ3v) is 3.58. The van der Waals surface area contributed by atoms with Crippen LogP contribution < -0.4 is 0 Å². The van der Waals surface area contributed by atoms with Crippen molar-refractivity contribution in [1.82, 2.24) is 0 Å². The molecule has 0 aromatic rings. The molecule has 0 aromatic heterocycles. The highest BCUT2D eigenvalue weighted by Crippen LogP contribution is 2.29. The Morgan fingerprint density at radius 3 is 2.42 bits per heavy atom. The molecule has 0 spiro atoms. The fourth-order valence-electron chi connectivity index (χ4n) is 2.42. The van der Waals surface area contributed by atoms with Crippen LogP contribution in [0.25, 0.3) is 0 Å². The van der Waals surface area contributed by atoms with Crippen molar-refractivity contribution < 1.29 is 9.59 Å². The summed E-state index contributed by atoms with van der Waals surface area (Å²) in [7, 11) is 2.26. The predicted octanol–water partition coefficient (Wildman–Crippen LogP) is 1.24. The molecule has 0 aliphatic carbocycles. The molecule has 2 heteroatoms. The van der Waals surface area contributed by atoms with Crippen LogP contribution in [0.5, 0.6) is 0 Å². The van der Waals surface area contributed by atoms with Crippen molar-refractivity contribution in [1.29, 1.82) is 0 Å². The normalized spacial score (nSPS) is 44.8. The number of hydrogen-bond acceptors (Lipinski definition) is 1. The molecule has 12 heavy (non-hydrogen) atoms. The Morgan fingerprint density at radius 2 is 2.08 bits per heavy atom. The molecule has 0 saturated carbocycles. The molecule has 1 rings (SSSR count). The smallest absolute Gasteiger partial charge is 0.105 e. The van der Waals surface area contributed by atoms with Crippen molar-refractivity contribution in [3.8, 4) is 0 Å². The zero-order chi connectivity index (χ0) is 9.35. The largest absolute Gasteiger partial charge is 0.388 e. The second-order valence-corrected chi connectivity index (χ2v) is 4.74. The SMILES string of the molecule is CC(O)C[N+]1(C)CC[C@H](C)[C@@H]1C. The summed E-state index contributed by atoms with van der Waals surface area (Å²) in [6.07, 6.45) is 1.15. The highest BCUT2D eigenvalue weighted by molar-refractivity contribution is 4.70. The molecular weight excluding hydrogens is 150 g/mol. The number of hydrogen-bond donors (Lipinski definition) is 1. The number of likely N-dealkylation sites (N-methyl/N-ethyl adjacent to an activating group) is 1. The summed E-state index contributed by atoms with van der Waals surface area (Å²) in [6, 6.07) is 0.708. The van der Waals surface area contributed by atoms with Crippen LogP contribution in [-0.2, 0) is 0 Å². The molecule has 0 bridgehead atoms. The second-order valence-electron chi connectivity index (χ2n) is 4.74. The first kappa shape index (κ1) is 10.0. The van der Waals surface area contributed by atoms with Gasteiger partial charge in [0.25, 0.3) is 0 Å². The van der Waals surface area contributed by atoms with Gasteiger partial charge in [-0.15, -0.1) is 0 Å². The molecule has 0 radical (unpaired) electrons. The molecular formula is C10H22NO+. The Morgan fingerprint density at radius 1 is 1.50 bits per heavy atom. The maximum absolute atomic E-state index is 9.37. The number of aliphatic hydroxyl groups excluding tert-OH is 1. The van der Waals surface area contributed by atoms with Crippen LogP contribution in [0, 0.1) is 5.92 Å². The van der Waals surface area contributed by atoms with Crippen molar-refractivity contribution in [3.63, 3.8) is 0 Å². The van der Waals surface area contributed by atoms with E-state index in [1.54, 1.807) is 0 Å². The van der Waals surface area contributed by atoms with Crippen LogP contribution in [0.3, 0.4) is 0 Å². The Kier molecular flexibility index (Phi) is 2.79. The van der Waals surface area contributed by atoms with E-state index < -0.39 is 0 Å². The molecule has 1 N–H and O–H groups in total. The van der Waals surface area contributed by atoms with E-state index in [0.717, 1.165) is 16.9 Å². The fraction of sp³-hybridized carbons (Fsp3) is 1.00. The monoisotopic (exact) mass is 172 g/mol. The molecule has 1 fully saturated rings. The zero-order valence-corrected chi connectivity index (χ0v) is 8.75. The topological polar surface area (TPSA) is 20.2 Å². The van der Waals surface area contributed by atoms with Gasteiger partial charge in [-0.3, -0.25) is 0 Å². The first-order valence-corrected chi connectivity index (χ1v) is 4.98. The summed E-state index contributed by atoms with van der Waals surface area (Å²) in [5.41, 5.74) is 0. The van der Waals surface area contributed by atoms with Gasteiger partial charge in [0.1, 0.15) is 12.6 Å². The van der Waals surface area contributed by atoms with E-state index in [2.05, 4.69) is 20.9 Å². The van der Waals surface area contributed by atoms with Gasteiger partial charge in [-0.1, -0.05) is 6.92 Å². The quantitative estimate of drug-likeness (QED) is 0.621. The number of quaternary nitrogens is 1. The Bertz CT molecular complexity index is 158. The molecule has 1 saturated heterocycles. The van der Waals surface area contributed by atoms with E-state index in [9.17, 15) is 5.11 Å². The van der Waals surface area contributed by atoms with Crippen LogP contribution in [0.1, 0.15) is 27.2 Å². The zero-order valence-electron chi connectivity index (χ0n) is 8.75. The molecule has 72 valence electrons. The summed E-state index contributed by atoms with van der Waals surface area (Å²) >= 11 is 0. The summed E-state index contributed by atoms with van der Waals surface area (Å²) in [4.78, 5) is 0. The summed E-state index contributed by atoms with van der Waals surface area (Å²) in [5, 5.41) is 9.37. The van der Waals surface area contributed by atoms with Crippen LogP contribution >= 0.6 is 0 Å². The third-order valence-electron chi connectivity index (χ3n) is 3.58. The van der Waals surface area contributed by atoms with E-state index in [1.165, 1.54) is 13.0 Å². The number of nitrogens with zero attached hydrogens (tertiary/aromatic N) is 1. The number of rotatable bonds is 2. The van der Waals surface area contributed by atoms with Crippen molar-refractivity contribution in [2.45, 2.75) is 39.3 Å². The van der Waals surface area contributed by atoms with E-state index in [1.807, 2.05) is 6.92 Å². The first-order valence-electron chi connectivity index (χ1n) is 4.98. The van der Waals surface area contributed by atoms with Gasteiger partial charge in [-0.25, -0.2) is 0 Å². The number of likely N-dealkylation sites (tertiary alicyclic amines) is 1. The lowest BCUT2D eigenvalue weighted by Crippen LogP contribution is -2.51. The van der Waals surface area contributed by atoms with Gasteiger partial charge in [-0.05, 0) is 13.8 Å². The molecule has 1 aliphatic heterocycles. The Balaban J connectivity index is 2.59. The lowest BCUT2D eigenvalue weighted by Gasteiger charge is -2.36. The van der Waals surface area contributed by atoms with Gasteiger partial charge in [0.15, 0.2) is 0 Å². The highest BCUT2D eigenvalue weighted by atomic mass is 16.3. The van der Waals surface area contributed by atoms with Crippen LogP contribution in [0.2, 0.25) is 0 Å². The highest BCUT2D eigenvalue weighted by Gasteiger charge is 2.40. The van der Waals surface area contributed by atoms with Gasteiger partial charge in [-0.2, -0.15) is 0 Å². The minimum atomic E-state index is -0.164. The third kappa shape index (κ3) is 1.80. The van der Waals surface area contributed by atoms with E-state index in [0.29, 0.717) is 6.04 Å². The molecule has 4 atom stereocenters. The van der Waals surface area contributed by atoms with E-state index in [-0.39, 0.29) is 6.10 Å². The van der Waals surface area contributed by atoms with Crippen LogP contribution in [0.15, 0.2) is 0 Å². The van der Waals surface area contributed by atoms with Gasteiger partial charge in [0.2, 0.25) is 0 Å². The lowest BCUT2D eigenvalue weighted by molar-refractivity contribution is -0.923. The predicted molar refractivity (Wildman–Crippen MR) is 50.8 cm³/mol. The molecule has 0 amide bonds.